The van der Waals surface area contributed by atoms with E-state index in [0.29, 0.717) is 5.56 Å². The number of fused-ring (bicyclic) bond motifs is 2. The molecule has 0 saturated carbocycles. The third-order valence-electron chi connectivity index (χ3n) is 5.99. The van der Waals surface area contributed by atoms with Gasteiger partial charge in [-0.25, -0.2) is 4.79 Å². The minimum absolute atomic E-state index is 0.285. The smallest absolute Gasteiger partial charge is 0.340 e. The fourth-order valence-corrected chi connectivity index (χ4v) is 4.56. The molecule has 0 N–H and O–H groups in total. The zero-order chi connectivity index (χ0) is 20.9. The van der Waals surface area contributed by atoms with Crippen LogP contribution in [0.3, 0.4) is 0 Å². The summed E-state index contributed by atoms with van der Waals surface area (Å²) in [6.07, 6.45) is 0. The number of benzene rings is 4. The topological polar surface area (TPSA) is 29.5 Å². The summed E-state index contributed by atoms with van der Waals surface area (Å²) in [7, 11) is 4.09. The summed E-state index contributed by atoms with van der Waals surface area (Å²) >= 11 is 0. The van der Waals surface area contributed by atoms with E-state index >= 15 is 0 Å². The molecule has 0 spiro atoms. The lowest BCUT2D eigenvalue weighted by Crippen LogP contribution is -2.30. The van der Waals surface area contributed by atoms with Crippen molar-refractivity contribution in [3.05, 3.63) is 113 Å². The third-order valence-corrected chi connectivity index (χ3v) is 5.99. The second-order valence-corrected chi connectivity index (χ2v) is 8.05. The van der Waals surface area contributed by atoms with Crippen molar-refractivity contribution in [2.75, 3.05) is 19.0 Å². The number of nitrogens with zero attached hydrogens (tertiary/aromatic N) is 1. The Labute approximate surface area is 176 Å². The first-order chi connectivity index (χ1) is 14.5. The SMILES string of the molecule is Cc1ccc(C2(c3ccc(N(C)C)c4ccccc34)OC(=O)c3ccccc32)cc1. The number of carbonyl (C=O) groups is 1. The first-order valence-corrected chi connectivity index (χ1v) is 10.1. The zero-order valence-corrected chi connectivity index (χ0v) is 17.3. The molecule has 1 aliphatic heterocycles. The van der Waals surface area contributed by atoms with Crippen LogP contribution in [0, 0.1) is 6.92 Å². The molecule has 3 nitrogen and oxygen atoms in total. The molecule has 4 aromatic carbocycles. The molecule has 0 aromatic heterocycles. The average molecular weight is 393 g/mol. The molecule has 0 fully saturated rings. The maximum atomic E-state index is 13.0. The van der Waals surface area contributed by atoms with E-state index in [1.165, 1.54) is 5.56 Å². The number of aryl methyl sites for hydroxylation is 1. The molecule has 0 bridgehead atoms. The lowest BCUT2D eigenvalue weighted by atomic mass is 9.77. The first-order valence-electron chi connectivity index (χ1n) is 10.1. The Morgan fingerprint density at radius 2 is 1.40 bits per heavy atom. The summed E-state index contributed by atoms with van der Waals surface area (Å²) in [5, 5.41) is 2.21. The highest BCUT2D eigenvalue weighted by molar-refractivity contribution is 6.01. The van der Waals surface area contributed by atoms with Crippen LogP contribution < -0.4 is 4.90 Å². The normalized spacial score (nSPS) is 17.6. The van der Waals surface area contributed by atoms with Gasteiger partial charge >= 0.3 is 5.97 Å². The van der Waals surface area contributed by atoms with Crippen LogP contribution in [0.5, 0.6) is 0 Å². The number of hydrogen-bond donors (Lipinski definition) is 0. The van der Waals surface area contributed by atoms with Gasteiger partial charge in [0, 0.05) is 41.9 Å². The van der Waals surface area contributed by atoms with Gasteiger partial charge in [-0.3, -0.25) is 0 Å². The van der Waals surface area contributed by atoms with Crippen LogP contribution in [0.1, 0.15) is 32.6 Å². The first kappa shape index (κ1) is 18.4. The summed E-state index contributed by atoms with van der Waals surface area (Å²) in [4.78, 5) is 15.1. The molecule has 1 atom stereocenters. The summed E-state index contributed by atoms with van der Waals surface area (Å²) < 4.78 is 6.29. The van der Waals surface area contributed by atoms with Crippen LogP contribution in [0.2, 0.25) is 0 Å². The Bertz CT molecular complexity index is 1270. The second kappa shape index (κ2) is 6.74. The van der Waals surface area contributed by atoms with Crippen molar-refractivity contribution in [3.8, 4) is 0 Å². The molecule has 148 valence electrons. The molecule has 5 rings (SSSR count). The molecule has 0 radical (unpaired) electrons. The van der Waals surface area contributed by atoms with E-state index in [4.69, 9.17) is 4.74 Å². The lowest BCUT2D eigenvalue weighted by Gasteiger charge is -2.32. The highest BCUT2D eigenvalue weighted by atomic mass is 16.6. The van der Waals surface area contributed by atoms with Crippen molar-refractivity contribution in [2.45, 2.75) is 12.5 Å². The van der Waals surface area contributed by atoms with Gasteiger partial charge < -0.3 is 9.64 Å². The number of rotatable bonds is 3. The zero-order valence-electron chi connectivity index (χ0n) is 17.3. The number of carbonyl (C=O) groups excluding carboxylic acids is 1. The Kier molecular flexibility index (Phi) is 4.14. The number of hydrogen-bond acceptors (Lipinski definition) is 3. The summed E-state index contributed by atoms with van der Waals surface area (Å²) in [6, 6.07) is 28.5. The maximum Gasteiger partial charge on any atom is 0.340 e. The van der Waals surface area contributed by atoms with E-state index in [0.717, 1.165) is 33.2 Å². The van der Waals surface area contributed by atoms with Gasteiger partial charge in [-0.1, -0.05) is 78.4 Å². The van der Waals surface area contributed by atoms with Gasteiger partial charge in [0.25, 0.3) is 0 Å². The number of esters is 1. The van der Waals surface area contributed by atoms with Gasteiger partial charge in [0.05, 0.1) is 5.56 Å². The second-order valence-electron chi connectivity index (χ2n) is 8.05. The highest BCUT2D eigenvalue weighted by Gasteiger charge is 2.49. The van der Waals surface area contributed by atoms with Gasteiger partial charge in [-0.05, 0) is 24.4 Å². The summed E-state index contributed by atoms with van der Waals surface area (Å²) in [5.41, 5.74) is 4.76. The summed E-state index contributed by atoms with van der Waals surface area (Å²) in [6.45, 7) is 2.06. The van der Waals surface area contributed by atoms with Crippen LogP contribution in [0.4, 0.5) is 5.69 Å². The van der Waals surface area contributed by atoms with Crippen LogP contribution in [0.25, 0.3) is 10.8 Å². The Balaban J connectivity index is 1.90. The molecule has 0 amide bonds. The molecule has 3 heteroatoms. The number of anilines is 1. The van der Waals surface area contributed by atoms with Crippen molar-refractivity contribution in [1.82, 2.24) is 0 Å². The minimum Gasteiger partial charge on any atom is -0.441 e. The largest absolute Gasteiger partial charge is 0.441 e. The lowest BCUT2D eigenvalue weighted by molar-refractivity contribution is 0.0256. The van der Waals surface area contributed by atoms with Gasteiger partial charge in [0.2, 0.25) is 0 Å². The number of ether oxygens (including phenoxy) is 1. The standard InChI is InChI=1S/C27H23NO2/c1-18-12-14-19(15-13-18)27(23-11-7-6-10-22(23)26(29)30-27)24-16-17-25(28(2)3)21-9-5-4-8-20(21)24/h4-17H,1-3H3. The van der Waals surface area contributed by atoms with Crippen molar-refractivity contribution >= 4 is 22.4 Å². The Morgan fingerprint density at radius 1 is 0.733 bits per heavy atom. The van der Waals surface area contributed by atoms with Crippen molar-refractivity contribution < 1.29 is 9.53 Å². The fourth-order valence-electron chi connectivity index (χ4n) is 4.56. The molecular formula is C27H23NO2. The van der Waals surface area contributed by atoms with Crippen LogP contribution in [-0.2, 0) is 10.3 Å². The predicted octanol–water partition coefficient (Wildman–Crippen LogP) is 5.68. The van der Waals surface area contributed by atoms with E-state index in [2.05, 4.69) is 60.4 Å². The van der Waals surface area contributed by atoms with Crippen molar-refractivity contribution in [3.63, 3.8) is 0 Å². The van der Waals surface area contributed by atoms with Gasteiger partial charge in [0.15, 0.2) is 5.60 Å². The summed E-state index contributed by atoms with van der Waals surface area (Å²) in [5.74, 6) is -0.285. The van der Waals surface area contributed by atoms with E-state index in [1.807, 2.05) is 50.5 Å². The quantitative estimate of drug-likeness (QED) is 0.420. The molecule has 4 aromatic rings. The van der Waals surface area contributed by atoms with E-state index in [1.54, 1.807) is 0 Å². The minimum atomic E-state index is -0.980. The Hall–Kier alpha value is -3.59. The van der Waals surface area contributed by atoms with Crippen LogP contribution >= 0.6 is 0 Å². The van der Waals surface area contributed by atoms with E-state index < -0.39 is 5.60 Å². The molecule has 1 heterocycles. The van der Waals surface area contributed by atoms with Gasteiger partial charge in [0.1, 0.15) is 0 Å². The Morgan fingerprint density at radius 3 is 2.13 bits per heavy atom. The van der Waals surface area contributed by atoms with Crippen LogP contribution in [0.15, 0.2) is 84.9 Å². The number of cyclic esters (lactones) is 1. The fraction of sp³-hybridized carbons (Fsp3) is 0.148. The molecular weight excluding hydrogens is 370 g/mol. The predicted molar refractivity (Wildman–Crippen MR) is 121 cm³/mol. The van der Waals surface area contributed by atoms with E-state index in [9.17, 15) is 4.79 Å². The highest BCUT2D eigenvalue weighted by Crippen LogP contribution is 2.49. The molecule has 1 unspecified atom stereocenters. The third kappa shape index (κ3) is 2.55. The van der Waals surface area contributed by atoms with E-state index in [-0.39, 0.29) is 5.97 Å². The van der Waals surface area contributed by atoms with Gasteiger partial charge in [-0.15, -0.1) is 0 Å². The monoisotopic (exact) mass is 393 g/mol. The molecule has 1 aliphatic rings. The molecule has 0 aliphatic carbocycles. The van der Waals surface area contributed by atoms with Gasteiger partial charge in [-0.2, -0.15) is 0 Å². The maximum absolute atomic E-state index is 13.0. The van der Waals surface area contributed by atoms with Crippen molar-refractivity contribution in [2.24, 2.45) is 0 Å². The average Bonchev–Trinajstić information content (AvgIpc) is 3.07. The molecule has 0 saturated heterocycles. The van der Waals surface area contributed by atoms with Crippen LogP contribution in [-0.4, -0.2) is 20.1 Å². The molecule has 30 heavy (non-hydrogen) atoms. The van der Waals surface area contributed by atoms with Crippen molar-refractivity contribution in [1.29, 1.82) is 0 Å².